The largest absolute Gasteiger partial charge is 0.465 e. The maximum absolute atomic E-state index is 13.1. The topological polar surface area (TPSA) is 49.3 Å². The first kappa shape index (κ1) is 11.3. The average Bonchev–Trinajstić information content (AvgIpc) is 2.05. The number of carboxylic acid groups (broad SMARTS) is 1. The summed E-state index contributed by atoms with van der Waals surface area (Å²) in [5.41, 5.74) is -2.23. The fourth-order valence-electron chi connectivity index (χ4n) is 0.963. The second-order valence-electron chi connectivity index (χ2n) is 2.60. The van der Waals surface area contributed by atoms with E-state index in [1.54, 1.807) is 0 Å². The highest BCUT2D eigenvalue weighted by atomic mass is 19.4. The summed E-state index contributed by atoms with van der Waals surface area (Å²) < 4.78 is 49.5. The summed E-state index contributed by atoms with van der Waals surface area (Å²) in [5.74, 6) is -1.63. The van der Waals surface area contributed by atoms with Gasteiger partial charge in [-0.05, 0) is 12.1 Å². The number of rotatable bonds is 1. The van der Waals surface area contributed by atoms with E-state index in [-0.39, 0.29) is 0 Å². The maximum Gasteiger partial charge on any atom is 0.419 e. The van der Waals surface area contributed by atoms with Crippen molar-refractivity contribution < 1.29 is 27.5 Å². The zero-order chi connectivity index (χ0) is 11.6. The van der Waals surface area contributed by atoms with Gasteiger partial charge in [-0.1, -0.05) is 6.07 Å². The number of amides is 1. The molecule has 0 fully saturated rings. The van der Waals surface area contributed by atoms with E-state index in [0.29, 0.717) is 6.07 Å². The highest BCUT2D eigenvalue weighted by molar-refractivity contribution is 5.83. The van der Waals surface area contributed by atoms with Crippen LogP contribution in [0.5, 0.6) is 0 Å². The minimum Gasteiger partial charge on any atom is -0.465 e. The Labute approximate surface area is 81.3 Å². The zero-order valence-corrected chi connectivity index (χ0v) is 7.10. The first-order valence-electron chi connectivity index (χ1n) is 3.68. The Morgan fingerprint density at radius 2 is 1.93 bits per heavy atom. The summed E-state index contributed by atoms with van der Waals surface area (Å²) in [4.78, 5) is 10.1. The predicted octanol–water partition coefficient (Wildman–Crippen LogP) is 2.93. The standard InChI is InChI=1S/C8H5F4NO2/c9-6-4(8(10,11)12)2-1-3-5(6)13-7(14)15/h1-3,13H,(H,14,15). The molecule has 0 saturated heterocycles. The van der Waals surface area contributed by atoms with Crippen LogP contribution in [-0.2, 0) is 6.18 Å². The van der Waals surface area contributed by atoms with Crippen molar-refractivity contribution in [2.24, 2.45) is 0 Å². The Morgan fingerprint density at radius 1 is 1.33 bits per heavy atom. The fourth-order valence-corrected chi connectivity index (χ4v) is 0.963. The van der Waals surface area contributed by atoms with Gasteiger partial charge in [0.15, 0.2) is 5.82 Å². The zero-order valence-electron chi connectivity index (χ0n) is 7.10. The normalized spacial score (nSPS) is 11.2. The molecule has 0 aliphatic carbocycles. The van der Waals surface area contributed by atoms with Crippen LogP contribution in [0.4, 0.5) is 28.0 Å². The minimum atomic E-state index is -4.85. The van der Waals surface area contributed by atoms with Crippen molar-refractivity contribution in [1.82, 2.24) is 0 Å². The lowest BCUT2D eigenvalue weighted by atomic mass is 10.2. The van der Waals surface area contributed by atoms with Crippen LogP contribution in [0, 0.1) is 5.82 Å². The summed E-state index contributed by atoms with van der Waals surface area (Å²) in [7, 11) is 0. The van der Waals surface area contributed by atoms with Crippen LogP contribution in [0.3, 0.4) is 0 Å². The third kappa shape index (κ3) is 2.58. The first-order chi connectivity index (χ1) is 6.82. The van der Waals surface area contributed by atoms with E-state index in [9.17, 15) is 22.4 Å². The van der Waals surface area contributed by atoms with Crippen molar-refractivity contribution in [2.45, 2.75) is 6.18 Å². The molecule has 1 aromatic rings. The minimum absolute atomic E-state index is 0.530. The van der Waals surface area contributed by atoms with Gasteiger partial charge in [0, 0.05) is 0 Å². The SMILES string of the molecule is O=C(O)Nc1cccc(C(F)(F)F)c1F. The monoisotopic (exact) mass is 223 g/mol. The smallest absolute Gasteiger partial charge is 0.419 e. The lowest BCUT2D eigenvalue weighted by molar-refractivity contribution is -0.139. The number of benzene rings is 1. The molecule has 1 aromatic carbocycles. The molecule has 1 amide bonds. The van der Waals surface area contributed by atoms with Crippen LogP contribution in [0.15, 0.2) is 18.2 Å². The highest BCUT2D eigenvalue weighted by Crippen LogP contribution is 2.33. The van der Waals surface area contributed by atoms with Crippen molar-refractivity contribution in [1.29, 1.82) is 0 Å². The van der Waals surface area contributed by atoms with Gasteiger partial charge >= 0.3 is 12.3 Å². The van der Waals surface area contributed by atoms with Gasteiger partial charge in [-0.2, -0.15) is 13.2 Å². The third-order valence-corrected chi connectivity index (χ3v) is 1.55. The fraction of sp³-hybridized carbons (Fsp3) is 0.125. The van der Waals surface area contributed by atoms with Gasteiger partial charge in [-0.15, -0.1) is 0 Å². The molecule has 0 bridgehead atoms. The summed E-state index contributed by atoms with van der Waals surface area (Å²) in [6.07, 6.45) is -6.48. The molecular formula is C8H5F4NO2. The van der Waals surface area contributed by atoms with E-state index in [1.807, 2.05) is 0 Å². The molecule has 0 aromatic heterocycles. The van der Waals surface area contributed by atoms with Gasteiger partial charge in [-0.25, -0.2) is 9.18 Å². The highest BCUT2D eigenvalue weighted by Gasteiger charge is 2.34. The molecular weight excluding hydrogens is 218 g/mol. The van der Waals surface area contributed by atoms with E-state index >= 15 is 0 Å². The molecule has 0 spiro atoms. The van der Waals surface area contributed by atoms with E-state index in [4.69, 9.17) is 5.11 Å². The lowest BCUT2D eigenvalue weighted by Gasteiger charge is -2.10. The molecule has 82 valence electrons. The second kappa shape index (κ2) is 3.76. The summed E-state index contributed by atoms with van der Waals surface area (Å²) in [5, 5.41) is 9.75. The molecule has 0 aliphatic rings. The van der Waals surface area contributed by atoms with E-state index in [0.717, 1.165) is 12.1 Å². The van der Waals surface area contributed by atoms with Crippen molar-refractivity contribution in [3.63, 3.8) is 0 Å². The van der Waals surface area contributed by atoms with Gasteiger partial charge in [-0.3, -0.25) is 5.32 Å². The molecule has 0 atom stereocenters. The molecule has 0 aliphatic heterocycles. The number of halogens is 4. The van der Waals surface area contributed by atoms with Crippen molar-refractivity contribution >= 4 is 11.8 Å². The van der Waals surface area contributed by atoms with Gasteiger partial charge in [0.2, 0.25) is 0 Å². The first-order valence-corrected chi connectivity index (χ1v) is 3.68. The van der Waals surface area contributed by atoms with Crippen molar-refractivity contribution in [3.05, 3.63) is 29.6 Å². The van der Waals surface area contributed by atoms with E-state index in [2.05, 4.69) is 0 Å². The lowest BCUT2D eigenvalue weighted by Crippen LogP contribution is -2.13. The van der Waals surface area contributed by atoms with Crippen LogP contribution >= 0.6 is 0 Å². The van der Waals surface area contributed by atoms with Gasteiger partial charge < -0.3 is 5.11 Å². The van der Waals surface area contributed by atoms with Crippen LogP contribution in [0.2, 0.25) is 0 Å². The van der Waals surface area contributed by atoms with Crippen LogP contribution in [0.1, 0.15) is 5.56 Å². The number of hydrogen-bond acceptors (Lipinski definition) is 1. The molecule has 3 nitrogen and oxygen atoms in total. The number of hydrogen-bond donors (Lipinski definition) is 2. The number of anilines is 1. The van der Waals surface area contributed by atoms with Crippen LogP contribution in [0.25, 0.3) is 0 Å². The molecule has 15 heavy (non-hydrogen) atoms. The number of carbonyl (C=O) groups is 1. The third-order valence-electron chi connectivity index (χ3n) is 1.55. The molecule has 1 rings (SSSR count). The number of alkyl halides is 3. The Kier molecular flexibility index (Phi) is 2.83. The van der Waals surface area contributed by atoms with Crippen molar-refractivity contribution in [2.75, 3.05) is 5.32 Å². The van der Waals surface area contributed by atoms with Crippen molar-refractivity contribution in [3.8, 4) is 0 Å². The quantitative estimate of drug-likeness (QED) is 0.719. The Balaban J connectivity index is 3.17. The van der Waals surface area contributed by atoms with E-state index < -0.39 is 29.3 Å². The Bertz CT molecular complexity index is 389. The molecule has 7 heteroatoms. The molecule has 0 radical (unpaired) electrons. The summed E-state index contributed by atoms with van der Waals surface area (Å²) >= 11 is 0. The predicted molar refractivity (Wildman–Crippen MR) is 43.0 cm³/mol. The van der Waals surface area contributed by atoms with E-state index in [1.165, 1.54) is 5.32 Å². The molecule has 0 heterocycles. The second-order valence-corrected chi connectivity index (χ2v) is 2.60. The van der Waals surface area contributed by atoms with Crippen LogP contribution < -0.4 is 5.32 Å². The summed E-state index contributed by atoms with van der Waals surface area (Å²) in [6.45, 7) is 0. The molecule has 0 saturated carbocycles. The van der Waals surface area contributed by atoms with Gasteiger partial charge in [0.1, 0.15) is 0 Å². The van der Waals surface area contributed by atoms with Crippen LogP contribution in [-0.4, -0.2) is 11.2 Å². The summed E-state index contributed by atoms with van der Waals surface area (Å²) in [6, 6.07) is 2.35. The Morgan fingerprint density at radius 3 is 2.40 bits per heavy atom. The number of nitrogens with one attached hydrogen (secondary N) is 1. The maximum atomic E-state index is 13.1. The average molecular weight is 223 g/mol. The Hall–Kier alpha value is -1.79. The van der Waals surface area contributed by atoms with Gasteiger partial charge in [0.25, 0.3) is 0 Å². The molecule has 0 unspecified atom stereocenters. The molecule has 2 N–H and O–H groups in total. The van der Waals surface area contributed by atoms with Gasteiger partial charge in [0.05, 0.1) is 11.3 Å².